The minimum absolute atomic E-state index is 0.0270. The molecule has 2 aliphatic heterocycles. The summed E-state index contributed by atoms with van der Waals surface area (Å²) in [5, 5.41) is 15.7. The number of carboxylic acid groups (broad SMARTS) is 1. The van der Waals surface area contributed by atoms with Gasteiger partial charge in [0.25, 0.3) is 5.91 Å². The molecule has 0 aliphatic carbocycles. The van der Waals surface area contributed by atoms with Crippen molar-refractivity contribution in [2.45, 2.75) is 18.0 Å². The van der Waals surface area contributed by atoms with E-state index in [1.54, 1.807) is 12.0 Å². The lowest BCUT2D eigenvalue weighted by atomic mass is 9.77. The Hall–Kier alpha value is -5.48. The van der Waals surface area contributed by atoms with Crippen LogP contribution in [0.1, 0.15) is 23.1 Å². The average Bonchev–Trinajstić information content (AvgIpc) is 3.42. The zero-order chi connectivity index (χ0) is 29.5. The first-order valence-corrected chi connectivity index (χ1v) is 13.2. The van der Waals surface area contributed by atoms with Crippen molar-refractivity contribution in [2.24, 2.45) is 26.0 Å². The fourth-order valence-corrected chi connectivity index (χ4v) is 5.16. The van der Waals surface area contributed by atoms with E-state index in [1.165, 1.54) is 6.34 Å². The van der Waals surface area contributed by atoms with Crippen molar-refractivity contribution in [1.82, 2.24) is 10.2 Å². The van der Waals surface area contributed by atoms with Gasteiger partial charge < -0.3 is 14.7 Å². The number of hydrogen-bond donors (Lipinski definition) is 2. The number of hydrogen-bond acceptors (Lipinski definition) is 7. The van der Waals surface area contributed by atoms with E-state index in [0.717, 1.165) is 16.7 Å². The summed E-state index contributed by atoms with van der Waals surface area (Å²) in [6, 6.07) is 26.1. The van der Waals surface area contributed by atoms with E-state index in [9.17, 15) is 14.7 Å². The van der Waals surface area contributed by atoms with Gasteiger partial charge in [-0.15, -0.1) is 0 Å². The van der Waals surface area contributed by atoms with Gasteiger partial charge in [-0.25, -0.2) is 4.99 Å². The highest BCUT2D eigenvalue weighted by molar-refractivity contribution is 6.23. The van der Waals surface area contributed by atoms with Crippen molar-refractivity contribution in [3.8, 4) is 5.75 Å². The summed E-state index contributed by atoms with van der Waals surface area (Å²) in [4.78, 5) is 43.3. The Balaban J connectivity index is 1.64. The first kappa shape index (κ1) is 28.1. The van der Waals surface area contributed by atoms with Crippen LogP contribution in [0.3, 0.4) is 0 Å². The molecule has 12 nitrogen and oxygen atoms in total. The number of nitrogens with one attached hydrogen (secondary N) is 1. The van der Waals surface area contributed by atoms with Gasteiger partial charge in [-0.3, -0.25) is 19.9 Å². The van der Waals surface area contributed by atoms with Crippen LogP contribution < -0.4 is 10.1 Å². The molecule has 3 aromatic carbocycles. The van der Waals surface area contributed by atoms with Crippen molar-refractivity contribution in [3.05, 3.63) is 112 Å². The predicted octanol–water partition coefficient (Wildman–Crippen LogP) is 3.99. The third-order valence-electron chi connectivity index (χ3n) is 7.08. The molecule has 212 valence electrons. The average molecular weight is 565 g/mol. The van der Waals surface area contributed by atoms with Crippen molar-refractivity contribution in [3.63, 3.8) is 0 Å². The van der Waals surface area contributed by atoms with Crippen LogP contribution in [0.2, 0.25) is 0 Å². The van der Waals surface area contributed by atoms with Crippen LogP contribution in [0, 0.1) is 5.92 Å². The molecule has 0 radical (unpaired) electrons. The minimum atomic E-state index is -1.11. The smallest absolute Gasteiger partial charge is 0.303 e. The van der Waals surface area contributed by atoms with E-state index in [0.29, 0.717) is 11.6 Å². The number of methoxy groups -OCH3 is 1. The highest BCUT2D eigenvalue weighted by Crippen LogP contribution is 2.41. The number of guanidine groups is 1. The molecule has 2 aliphatic rings. The quantitative estimate of drug-likeness (QED) is 0.155. The number of aliphatic imine (C=N–C) groups is 3. The number of carbonyl (C=O) groups excluding carboxylic acids is 1. The second-order valence-electron chi connectivity index (χ2n) is 9.76. The van der Waals surface area contributed by atoms with Gasteiger partial charge in [-0.1, -0.05) is 77.9 Å². The summed E-state index contributed by atoms with van der Waals surface area (Å²) in [7, 11) is 1.60. The maximum Gasteiger partial charge on any atom is 0.303 e. The summed E-state index contributed by atoms with van der Waals surface area (Å²) in [5.41, 5.74) is 10.2. The highest BCUT2D eigenvalue weighted by atomic mass is 16.5. The third kappa shape index (κ3) is 5.70. The number of carboxylic acids is 1. The van der Waals surface area contributed by atoms with Gasteiger partial charge in [0.15, 0.2) is 6.04 Å². The molecule has 2 heterocycles. The van der Waals surface area contributed by atoms with E-state index in [-0.39, 0.29) is 25.5 Å². The zero-order valence-electron chi connectivity index (χ0n) is 22.7. The molecule has 0 fully saturated rings. The first-order chi connectivity index (χ1) is 20.4. The van der Waals surface area contributed by atoms with E-state index < -0.39 is 29.4 Å². The largest absolute Gasteiger partial charge is 0.497 e. The van der Waals surface area contributed by atoms with Gasteiger partial charge in [0, 0.05) is 24.4 Å². The topological polar surface area (TPSA) is 165 Å². The molecule has 0 bridgehead atoms. The Morgan fingerprint density at radius 3 is 2.26 bits per heavy atom. The molecule has 0 aromatic heterocycles. The van der Waals surface area contributed by atoms with Gasteiger partial charge in [0.05, 0.1) is 13.4 Å². The standard InChI is InChI=1S/C30H28N8O4/c1-42-24-14-12-23(13-15-24)30(21-8-4-2-5-9-21,22-10-6-3-7-11-22)36-29-34-27-26(28(41)35-29)32-19-38(27)18-20(16-25(39)40)17-33-37-31/h2-15,19-20,26H,16-18H2,1H3,(H,39,40)(H,35,36,41). The molecule has 5 rings (SSSR count). The summed E-state index contributed by atoms with van der Waals surface area (Å²) >= 11 is 0. The number of nitrogens with zero attached hydrogens (tertiary/aromatic N) is 7. The molecule has 0 saturated heterocycles. The molecule has 0 spiro atoms. The van der Waals surface area contributed by atoms with Crippen molar-refractivity contribution in [1.29, 1.82) is 0 Å². The number of carbonyl (C=O) groups is 2. The van der Waals surface area contributed by atoms with Crippen molar-refractivity contribution in [2.75, 3.05) is 20.2 Å². The number of azide groups is 1. The zero-order valence-corrected chi connectivity index (χ0v) is 22.7. The molecular formula is C30H28N8O4. The van der Waals surface area contributed by atoms with E-state index >= 15 is 0 Å². The minimum Gasteiger partial charge on any atom is -0.497 e. The van der Waals surface area contributed by atoms with Gasteiger partial charge in [-0.2, -0.15) is 4.99 Å². The van der Waals surface area contributed by atoms with Gasteiger partial charge in [-0.05, 0) is 40.3 Å². The Morgan fingerprint density at radius 2 is 1.69 bits per heavy atom. The molecule has 42 heavy (non-hydrogen) atoms. The lowest BCUT2D eigenvalue weighted by molar-refractivity contribution is -0.138. The van der Waals surface area contributed by atoms with Gasteiger partial charge >= 0.3 is 5.97 Å². The molecule has 1 amide bonds. The Labute approximate surface area is 241 Å². The Kier molecular flexibility index (Phi) is 8.26. The van der Waals surface area contributed by atoms with Crippen LogP contribution in [-0.2, 0) is 15.1 Å². The molecule has 12 heteroatoms. The Bertz CT molecular complexity index is 1540. The van der Waals surface area contributed by atoms with Gasteiger partial charge in [0.2, 0.25) is 5.96 Å². The summed E-state index contributed by atoms with van der Waals surface area (Å²) in [6.45, 7) is 0.118. The van der Waals surface area contributed by atoms with Crippen molar-refractivity contribution < 1.29 is 19.4 Å². The predicted molar refractivity (Wildman–Crippen MR) is 158 cm³/mol. The number of ether oxygens (including phenoxy) is 1. The maximum absolute atomic E-state index is 13.3. The fraction of sp³-hybridized carbons (Fsp3) is 0.233. The number of amidine groups is 1. The van der Waals surface area contributed by atoms with Gasteiger partial charge in [0.1, 0.15) is 17.1 Å². The highest BCUT2D eigenvalue weighted by Gasteiger charge is 2.41. The summed E-state index contributed by atoms with van der Waals surface area (Å²) < 4.78 is 5.40. The third-order valence-corrected chi connectivity index (χ3v) is 7.08. The fourth-order valence-electron chi connectivity index (χ4n) is 5.16. The number of benzene rings is 3. The number of rotatable bonds is 11. The van der Waals surface area contributed by atoms with E-state index in [2.05, 4.69) is 20.3 Å². The van der Waals surface area contributed by atoms with Crippen LogP contribution in [0.25, 0.3) is 10.4 Å². The molecule has 0 saturated carbocycles. The maximum atomic E-state index is 13.3. The van der Waals surface area contributed by atoms with E-state index in [1.807, 2.05) is 84.9 Å². The second-order valence-corrected chi connectivity index (χ2v) is 9.76. The summed E-state index contributed by atoms with van der Waals surface area (Å²) in [6.07, 6.45) is 1.24. The lowest BCUT2D eigenvalue weighted by Gasteiger charge is -2.33. The van der Waals surface area contributed by atoms with E-state index in [4.69, 9.17) is 20.3 Å². The monoisotopic (exact) mass is 564 g/mol. The molecule has 2 unspecified atom stereocenters. The molecule has 2 atom stereocenters. The van der Waals surface area contributed by atoms with Crippen LogP contribution in [0.15, 0.2) is 105 Å². The number of fused-ring (bicyclic) bond motifs is 1. The SMILES string of the molecule is COc1ccc(C(N=C2N=C3C(N=CN3CC(CN=[N+]=[N-])CC(=O)O)C(=O)N2)(c2ccccc2)c2ccccc2)cc1. The summed E-state index contributed by atoms with van der Waals surface area (Å²) in [5.74, 6) is -0.878. The number of amides is 1. The van der Waals surface area contributed by atoms with Crippen LogP contribution in [-0.4, -0.2) is 66.3 Å². The lowest BCUT2D eigenvalue weighted by Crippen LogP contribution is -2.50. The van der Waals surface area contributed by atoms with Crippen LogP contribution >= 0.6 is 0 Å². The number of aliphatic carboxylic acids is 1. The molecular weight excluding hydrogens is 536 g/mol. The second kappa shape index (κ2) is 12.4. The van der Waals surface area contributed by atoms with Crippen molar-refractivity contribution >= 4 is 30.0 Å². The molecule has 3 aromatic rings. The molecule has 2 N–H and O–H groups in total. The van der Waals surface area contributed by atoms with Crippen LogP contribution in [0.5, 0.6) is 5.75 Å². The normalized spacial score (nSPS) is 17.6. The Morgan fingerprint density at radius 1 is 1.07 bits per heavy atom. The van der Waals surface area contributed by atoms with Crippen LogP contribution in [0.4, 0.5) is 0 Å². The first-order valence-electron chi connectivity index (χ1n) is 13.2.